The quantitative estimate of drug-likeness (QED) is 0.620. The molecule has 6 nitrogen and oxygen atoms in total. The van der Waals surface area contributed by atoms with Crippen molar-refractivity contribution in [2.24, 2.45) is 0 Å². The molecule has 32 heavy (non-hydrogen) atoms. The van der Waals surface area contributed by atoms with Crippen LogP contribution in [0.1, 0.15) is 38.2 Å². The molecule has 3 aromatic rings. The topological polar surface area (TPSA) is 85.2 Å². The normalized spacial score (nSPS) is 24.9. The minimum atomic E-state index is -1.10. The molecule has 0 spiro atoms. The van der Waals surface area contributed by atoms with Crippen LogP contribution in [0.25, 0.3) is 0 Å². The molecule has 0 aromatic heterocycles. The van der Waals surface area contributed by atoms with E-state index in [1.165, 1.54) is 0 Å². The van der Waals surface area contributed by atoms with Crippen molar-refractivity contribution < 1.29 is 29.2 Å². The second-order valence-corrected chi connectivity index (χ2v) is 8.51. The van der Waals surface area contributed by atoms with E-state index in [2.05, 4.69) is 0 Å². The molecule has 2 unspecified atom stereocenters. The summed E-state index contributed by atoms with van der Waals surface area (Å²) in [5, 5.41) is 19.0. The summed E-state index contributed by atoms with van der Waals surface area (Å²) in [4.78, 5) is 13.0. The fraction of sp³-hybridized carbons (Fsp3) is 0.269. The van der Waals surface area contributed by atoms with Gasteiger partial charge in [-0.25, -0.2) is 4.79 Å². The average molecular weight is 430 g/mol. The van der Waals surface area contributed by atoms with Crippen molar-refractivity contribution in [3.05, 3.63) is 94.0 Å². The van der Waals surface area contributed by atoms with Crippen molar-refractivity contribution in [2.45, 2.75) is 30.7 Å². The Kier molecular flexibility index (Phi) is 4.28. The van der Waals surface area contributed by atoms with Gasteiger partial charge in [-0.2, -0.15) is 0 Å². The van der Waals surface area contributed by atoms with E-state index in [1.54, 1.807) is 6.07 Å². The molecule has 0 saturated carbocycles. The maximum absolute atomic E-state index is 13.0. The Labute approximate surface area is 185 Å². The lowest BCUT2D eigenvalue weighted by Gasteiger charge is -2.31. The third-order valence-electron chi connectivity index (χ3n) is 6.60. The van der Waals surface area contributed by atoms with Gasteiger partial charge in [0.15, 0.2) is 5.60 Å². The van der Waals surface area contributed by atoms with Gasteiger partial charge in [0.1, 0.15) is 23.7 Å². The van der Waals surface area contributed by atoms with Crippen molar-refractivity contribution in [1.82, 2.24) is 0 Å². The molecular formula is C26H22O6. The van der Waals surface area contributed by atoms with Crippen LogP contribution in [0.3, 0.4) is 0 Å². The van der Waals surface area contributed by atoms with Crippen LogP contribution < -0.4 is 9.47 Å². The first-order chi connectivity index (χ1) is 15.6. The lowest BCUT2D eigenvalue weighted by molar-refractivity contribution is 0.0251. The van der Waals surface area contributed by atoms with E-state index in [4.69, 9.17) is 14.2 Å². The molecule has 0 saturated heterocycles. The highest BCUT2D eigenvalue weighted by Crippen LogP contribution is 2.49. The Bertz CT molecular complexity index is 1170. The first-order valence-corrected chi connectivity index (χ1v) is 10.8. The predicted molar refractivity (Wildman–Crippen MR) is 115 cm³/mol. The Balaban J connectivity index is 1.54. The molecule has 2 N–H and O–H groups in total. The number of hydrogen-bond acceptors (Lipinski definition) is 6. The summed E-state index contributed by atoms with van der Waals surface area (Å²) < 4.78 is 17.8. The summed E-state index contributed by atoms with van der Waals surface area (Å²) in [5.41, 5.74) is 3.84. The second kappa shape index (κ2) is 7.08. The van der Waals surface area contributed by atoms with Crippen LogP contribution in [0.15, 0.2) is 60.7 Å². The Morgan fingerprint density at radius 3 is 1.94 bits per heavy atom. The molecule has 0 radical (unpaired) electrons. The highest BCUT2D eigenvalue weighted by atomic mass is 16.6. The van der Waals surface area contributed by atoms with Crippen LogP contribution in [0.5, 0.6) is 11.5 Å². The maximum Gasteiger partial charge on any atom is 0.340 e. The fourth-order valence-electron chi connectivity index (χ4n) is 5.10. The molecule has 3 aliphatic heterocycles. The van der Waals surface area contributed by atoms with E-state index in [9.17, 15) is 15.0 Å². The van der Waals surface area contributed by atoms with Crippen LogP contribution in [0.4, 0.5) is 0 Å². The van der Waals surface area contributed by atoms with E-state index in [1.807, 2.05) is 54.6 Å². The highest BCUT2D eigenvalue weighted by Gasteiger charge is 2.49. The largest absolute Gasteiger partial charge is 0.487 e. The average Bonchev–Trinajstić information content (AvgIpc) is 3.51. The van der Waals surface area contributed by atoms with Crippen LogP contribution in [-0.2, 0) is 23.2 Å². The van der Waals surface area contributed by atoms with Crippen LogP contribution in [0.2, 0.25) is 0 Å². The number of carbonyl (C=O) groups excluding carboxylic acids is 1. The predicted octanol–water partition coefficient (Wildman–Crippen LogP) is 2.74. The van der Waals surface area contributed by atoms with Gasteiger partial charge in [0.25, 0.3) is 0 Å². The SMILES string of the molecule is O=C1OC(c2ccc3c(c2)CC(CO)O3)(c2ccc3c(c2)CC(CO)O3)c2ccccc21. The standard InChI is InChI=1S/C26H22O6/c27-13-19-11-15-9-17(5-7-23(15)30-19)26(22-4-2-1-3-21(22)25(29)32-26)18-6-8-24-16(10-18)12-20(14-28)31-24/h1-10,19-20,27-28H,11-14H2. The zero-order valence-electron chi connectivity index (χ0n) is 17.3. The van der Waals surface area contributed by atoms with Gasteiger partial charge in [-0.15, -0.1) is 0 Å². The molecule has 6 rings (SSSR count). The minimum absolute atomic E-state index is 0.0518. The van der Waals surface area contributed by atoms with Gasteiger partial charge >= 0.3 is 5.97 Å². The zero-order chi connectivity index (χ0) is 21.9. The molecule has 3 aliphatic rings. The number of aliphatic hydroxyl groups excluding tert-OH is 2. The summed E-state index contributed by atoms with van der Waals surface area (Å²) in [6.45, 7) is -0.104. The van der Waals surface area contributed by atoms with Crippen LogP contribution in [-0.4, -0.2) is 41.6 Å². The summed E-state index contributed by atoms with van der Waals surface area (Å²) in [5.74, 6) is 1.12. The van der Waals surface area contributed by atoms with E-state index < -0.39 is 5.60 Å². The molecule has 0 bridgehead atoms. The smallest absolute Gasteiger partial charge is 0.340 e. The van der Waals surface area contributed by atoms with E-state index in [0.29, 0.717) is 18.4 Å². The second-order valence-electron chi connectivity index (χ2n) is 8.51. The molecule has 6 heteroatoms. The molecule has 162 valence electrons. The van der Waals surface area contributed by atoms with Crippen LogP contribution in [0, 0.1) is 0 Å². The number of aliphatic hydroxyl groups is 2. The Morgan fingerprint density at radius 2 is 1.38 bits per heavy atom. The lowest BCUT2D eigenvalue weighted by Crippen LogP contribution is -2.29. The van der Waals surface area contributed by atoms with E-state index in [-0.39, 0.29) is 31.4 Å². The summed E-state index contributed by atoms with van der Waals surface area (Å²) in [7, 11) is 0. The fourth-order valence-corrected chi connectivity index (χ4v) is 5.10. The van der Waals surface area contributed by atoms with Crippen LogP contribution >= 0.6 is 0 Å². The number of ether oxygens (including phenoxy) is 3. The zero-order valence-corrected chi connectivity index (χ0v) is 17.3. The van der Waals surface area contributed by atoms with E-state index in [0.717, 1.165) is 39.3 Å². The van der Waals surface area contributed by atoms with Crippen molar-refractivity contribution in [1.29, 1.82) is 0 Å². The van der Waals surface area contributed by atoms with Crippen molar-refractivity contribution in [3.8, 4) is 11.5 Å². The lowest BCUT2D eigenvalue weighted by atomic mass is 9.78. The van der Waals surface area contributed by atoms with E-state index >= 15 is 0 Å². The van der Waals surface area contributed by atoms with Crippen molar-refractivity contribution >= 4 is 5.97 Å². The number of cyclic esters (lactones) is 1. The van der Waals surface area contributed by atoms with Gasteiger partial charge in [0.2, 0.25) is 0 Å². The number of hydrogen-bond donors (Lipinski definition) is 2. The monoisotopic (exact) mass is 430 g/mol. The molecule has 0 aliphatic carbocycles. The van der Waals surface area contributed by atoms with Gasteiger partial charge in [-0.1, -0.05) is 30.3 Å². The molecule has 0 fully saturated rings. The van der Waals surface area contributed by atoms with Gasteiger partial charge in [-0.05, 0) is 41.5 Å². The summed E-state index contributed by atoms with van der Waals surface area (Å²) in [6.07, 6.45) is 0.674. The minimum Gasteiger partial charge on any atom is -0.487 e. The Morgan fingerprint density at radius 1 is 0.812 bits per heavy atom. The third-order valence-corrected chi connectivity index (χ3v) is 6.60. The number of esters is 1. The molecule has 3 aromatic carbocycles. The van der Waals surface area contributed by atoms with Gasteiger partial charge in [0.05, 0.1) is 18.8 Å². The highest BCUT2D eigenvalue weighted by molar-refractivity contribution is 5.96. The van der Waals surface area contributed by atoms with Gasteiger partial charge in [-0.3, -0.25) is 0 Å². The molecule has 2 atom stereocenters. The van der Waals surface area contributed by atoms with Gasteiger partial charge in [0, 0.05) is 29.5 Å². The number of rotatable bonds is 4. The summed E-state index contributed by atoms with van der Waals surface area (Å²) in [6, 6.07) is 19.1. The summed E-state index contributed by atoms with van der Waals surface area (Å²) >= 11 is 0. The first kappa shape index (κ1) is 19.3. The van der Waals surface area contributed by atoms with Gasteiger partial charge < -0.3 is 24.4 Å². The Hall–Kier alpha value is -3.35. The number of benzene rings is 3. The number of carbonyl (C=O) groups is 1. The van der Waals surface area contributed by atoms with Crippen molar-refractivity contribution in [2.75, 3.05) is 13.2 Å². The molecular weight excluding hydrogens is 408 g/mol. The third kappa shape index (κ3) is 2.70. The number of fused-ring (bicyclic) bond motifs is 3. The van der Waals surface area contributed by atoms with Crippen molar-refractivity contribution in [3.63, 3.8) is 0 Å². The maximum atomic E-state index is 13.0. The molecule has 0 amide bonds. The first-order valence-electron chi connectivity index (χ1n) is 10.8. The molecule has 3 heterocycles.